The molecule has 5 nitrogen and oxygen atoms in total. The maximum absolute atomic E-state index is 13.1. The summed E-state index contributed by atoms with van der Waals surface area (Å²) in [5.41, 5.74) is 10.3. The molecule has 1 aliphatic heterocycles. The van der Waals surface area contributed by atoms with E-state index >= 15 is 0 Å². The molecule has 0 bridgehead atoms. The number of primary amides is 2. The van der Waals surface area contributed by atoms with Gasteiger partial charge in [0.1, 0.15) is 0 Å². The number of rotatable bonds is 5. The highest BCUT2D eigenvalue weighted by Crippen LogP contribution is 2.39. The Morgan fingerprint density at radius 1 is 1.21 bits per heavy atom. The zero-order chi connectivity index (χ0) is 20.5. The van der Waals surface area contributed by atoms with Gasteiger partial charge in [0, 0.05) is 24.0 Å². The van der Waals surface area contributed by atoms with Gasteiger partial charge in [-0.15, -0.1) is 0 Å². The van der Waals surface area contributed by atoms with Crippen molar-refractivity contribution < 1.29 is 22.8 Å². The normalized spacial score (nSPS) is 20.0. The predicted molar refractivity (Wildman–Crippen MR) is 100 cm³/mol. The van der Waals surface area contributed by atoms with Crippen LogP contribution in [0.3, 0.4) is 0 Å². The summed E-state index contributed by atoms with van der Waals surface area (Å²) in [4.78, 5) is 25.7. The quantitative estimate of drug-likeness (QED) is 0.795. The molecule has 0 saturated heterocycles. The van der Waals surface area contributed by atoms with Crippen molar-refractivity contribution in [2.45, 2.75) is 19.0 Å². The van der Waals surface area contributed by atoms with Crippen LogP contribution in [0, 0.1) is 5.41 Å². The molecule has 0 radical (unpaired) electrons. The average molecular weight is 409 g/mol. The van der Waals surface area contributed by atoms with E-state index in [1.54, 1.807) is 0 Å². The SMILES string of the molecule is NC(=O)C1=CN(c2cccc(C(F)(F)F)c2)CC(Cc2ccsc2)(C(N)=O)C1. The van der Waals surface area contributed by atoms with Crippen molar-refractivity contribution in [2.24, 2.45) is 16.9 Å². The van der Waals surface area contributed by atoms with Crippen LogP contribution in [-0.2, 0) is 22.2 Å². The van der Waals surface area contributed by atoms with Gasteiger partial charge in [-0.1, -0.05) is 6.07 Å². The minimum atomic E-state index is -4.51. The summed E-state index contributed by atoms with van der Waals surface area (Å²) in [7, 11) is 0. The molecule has 28 heavy (non-hydrogen) atoms. The van der Waals surface area contributed by atoms with E-state index in [2.05, 4.69) is 0 Å². The lowest BCUT2D eigenvalue weighted by Gasteiger charge is -2.40. The van der Waals surface area contributed by atoms with E-state index < -0.39 is 29.0 Å². The van der Waals surface area contributed by atoms with Crippen molar-refractivity contribution in [3.05, 3.63) is 64.0 Å². The maximum Gasteiger partial charge on any atom is 0.416 e. The number of halogens is 3. The molecule has 2 amide bonds. The molecule has 0 saturated carbocycles. The lowest BCUT2D eigenvalue weighted by atomic mass is 9.73. The summed E-state index contributed by atoms with van der Waals surface area (Å²) in [5, 5.41) is 3.71. The standard InChI is InChI=1S/C19H18F3N3O2S/c20-19(21,22)14-2-1-3-15(6-14)25-9-13(16(23)26)8-18(11-25,17(24)27)7-12-4-5-28-10-12/h1-6,9-10H,7-8,11H2,(H2,23,26)(H2,24,27). The van der Waals surface area contributed by atoms with Gasteiger partial charge in [0.2, 0.25) is 11.8 Å². The Labute approximate surface area is 163 Å². The number of hydrogen-bond acceptors (Lipinski definition) is 4. The predicted octanol–water partition coefficient (Wildman–Crippen LogP) is 3.06. The number of thiophene rings is 1. The van der Waals surface area contributed by atoms with Crippen molar-refractivity contribution in [1.29, 1.82) is 0 Å². The van der Waals surface area contributed by atoms with Crippen LogP contribution >= 0.6 is 11.3 Å². The van der Waals surface area contributed by atoms with E-state index in [9.17, 15) is 22.8 Å². The van der Waals surface area contributed by atoms with E-state index in [0.29, 0.717) is 0 Å². The number of carbonyl (C=O) groups excluding carboxylic acids is 2. The number of benzene rings is 1. The summed E-state index contributed by atoms with van der Waals surface area (Å²) >= 11 is 1.45. The average Bonchev–Trinajstić information content (AvgIpc) is 3.13. The van der Waals surface area contributed by atoms with Crippen LogP contribution in [0.15, 0.2) is 52.9 Å². The Balaban J connectivity index is 2.05. The zero-order valence-corrected chi connectivity index (χ0v) is 15.5. The van der Waals surface area contributed by atoms with Crippen molar-refractivity contribution >= 4 is 28.8 Å². The first kappa shape index (κ1) is 19.9. The zero-order valence-electron chi connectivity index (χ0n) is 14.7. The number of carbonyl (C=O) groups is 2. The van der Waals surface area contributed by atoms with Crippen LogP contribution in [-0.4, -0.2) is 18.4 Å². The Hall–Kier alpha value is -2.81. The van der Waals surface area contributed by atoms with Gasteiger partial charge in [-0.3, -0.25) is 9.59 Å². The number of amides is 2. The number of nitrogens with two attached hydrogens (primary N) is 2. The van der Waals surface area contributed by atoms with Gasteiger partial charge in [-0.05, 0) is 53.4 Å². The molecule has 148 valence electrons. The highest BCUT2D eigenvalue weighted by atomic mass is 32.1. The van der Waals surface area contributed by atoms with Gasteiger partial charge in [0.25, 0.3) is 0 Å². The summed E-state index contributed by atoms with van der Waals surface area (Å²) in [6.45, 7) is 0.0380. The molecule has 1 atom stereocenters. The minimum absolute atomic E-state index is 0.0307. The monoisotopic (exact) mass is 409 g/mol. The van der Waals surface area contributed by atoms with Crippen LogP contribution in [0.1, 0.15) is 17.5 Å². The molecule has 9 heteroatoms. The topological polar surface area (TPSA) is 89.4 Å². The van der Waals surface area contributed by atoms with E-state index in [0.717, 1.165) is 17.7 Å². The second kappa shape index (κ2) is 7.31. The number of nitrogens with zero attached hydrogens (tertiary/aromatic N) is 1. The van der Waals surface area contributed by atoms with Crippen LogP contribution < -0.4 is 16.4 Å². The molecule has 1 aliphatic rings. The third-order valence-electron chi connectivity index (χ3n) is 4.78. The van der Waals surface area contributed by atoms with Gasteiger partial charge in [0.05, 0.1) is 11.0 Å². The molecule has 4 N–H and O–H groups in total. The minimum Gasteiger partial charge on any atom is -0.369 e. The van der Waals surface area contributed by atoms with Gasteiger partial charge < -0.3 is 16.4 Å². The van der Waals surface area contributed by atoms with Crippen LogP contribution in [0.2, 0.25) is 0 Å². The molecule has 1 unspecified atom stereocenters. The molecule has 0 fully saturated rings. The molecule has 3 rings (SSSR count). The molecule has 0 aliphatic carbocycles. The smallest absolute Gasteiger partial charge is 0.369 e. The highest BCUT2D eigenvalue weighted by molar-refractivity contribution is 7.07. The number of alkyl halides is 3. The van der Waals surface area contributed by atoms with Crippen molar-refractivity contribution in [3.63, 3.8) is 0 Å². The Morgan fingerprint density at radius 2 is 1.96 bits per heavy atom. The fourth-order valence-electron chi connectivity index (χ4n) is 3.36. The van der Waals surface area contributed by atoms with Crippen LogP contribution in [0.4, 0.5) is 18.9 Å². The number of hydrogen-bond donors (Lipinski definition) is 2. The molecule has 2 heterocycles. The Bertz CT molecular complexity index is 925. The second-order valence-corrected chi connectivity index (χ2v) is 7.60. The maximum atomic E-state index is 13.1. The van der Waals surface area contributed by atoms with Crippen molar-refractivity contribution in [1.82, 2.24) is 0 Å². The molecule has 0 spiro atoms. The third-order valence-corrected chi connectivity index (χ3v) is 5.51. The largest absolute Gasteiger partial charge is 0.416 e. The summed E-state index contributed by atoms with van der Waals surface area (Å²) in [5.74, 6) is -1.38. The van der Waals surface area contributed by atoms with E-state index in [-0.39, 0.29) is 30.6 Å². The first-order valence-electron chi connectivity index (χ1n) is 8.36. The fraction of sp³-hybridized carbons (Fsp3) is 0.263. The number of anilines is 1. The van der Waals surface area contributed by atoms with Crippen molar-refractivity contribution in [3.8, 4) is 0 Å². The lowest BCUT2D eigenvalue weighted by molar-refractivity contribution is -0.137. The summed E-state index contributed by atoms with van der Waals surface area (Å²) < 4.78 is 39.3. The molecule has 2 aromatic rings. The van der Waals surface area contributed by atoms with Crippen LogP contribution in [0.25, 0.3) is 0 Å². The van der Waals surface area contributed by atoms with E-state index in [4.69, 9.17) is 11.5 Å². The molecular formula is C19H18F3N3O2S. The van der Waals surface area contributed by atoms with Gasteiger partial charge in [0.15, 0.2) is 0 Å². The lowest BCUT2D eigenvalue weighted by Crippen LogP contribution is -2.50. The highest BCUT2D eigenvalue weighted by Gasteiger charge is 2.43. The fourth-order valence-corrected chi connectivity index (χ4v) is 4.03. The first-order chi connectivity index (χ1) is 13.1. The van der Waals surface area contributed by atoms with E-state index in [1.165, 1.54) is 34.6 Å². The van der Waals surface area contributed by atoms with Gasteiger partial charge in [-0.2, -0.15) is 24.5 Å². The second-order valence-electron chi connectivity index (χ2n) is 6.82. The Morgan fingerprint density at radius 3 is 2.54 bits per heavy atom. The van der Waals surface area contributed by atoms with Gasteiger partial charge in [-0.25, -0.2) is 0 Å². The Kier molecular flexibility index (Phi) is 5.20. The third kappa shape index (κ3) is 4.04. The molecule has 1 aromatic carbocycles. The molecule has 1 aromatic heterocycles. The van der Waals surface area contributed by atoms with Crippen LogP contribution in [0.5, 0.6) is 0 Å². The van der Waals surface area contributed by atoms with Gasteiger partial charge >= 0.3 is 6.18 Å². The summed E-state index contributed by atoms with van der Waals surface area (Å²) in [6, 6.07) is 6.52. The summed E-state index contributed by atoms with van der Waals surface area (Å²) in [6.07, 6.45) is -2.83. The van der Waals surface area contributed by atoms with Crippen molar-refractivity contribution in [2.75, 3.05) is 11.4 Å². The first-order valence-corrected chi connectivity index (χ1v) is 9.30. The van der Waals surface area contributed by atoms with E-state index in [1.807, 2.05) is 16.8 Å². The molecular weight excluding hydrogens is 391 g/mol.